The van der Waals surface area contributed by atoms with Crippen LogP contribution in [0.5, 0.6) is 0 Å². The van der Waals surface area contributed by atoms with Crippen molar-refractivity contribution in [2.75, 3.05) is 13.1 Å². The highest BCUT2D eigenvalue weighted by atomic mass is 16.6. The van der Waals surface area contributed by atoms with Gasteiger partial charge in [0.25, 0.3) is 0 Å². The Bertz CT molecular complexity index is 507. The van der Waals surface area contributed by atoms with Gasteiger partial charge in [-0.3, -0.25) is 9.97 Å². The smallest absolute Gasteiger partial charge is 0.410 e. The molecule has 0 aliphatic carbocycles. The largest absolute Gasteiger partial charge is 0.444 e. The molecule has 2 heterocycles. The molecule has 1 unspecified atom stereocenters. The van der Waals surface area contributed by atoms with Crippen molar-refractivity contribution in [3.05, 3.63) is 23.8 Å². The van der Waals surface area contributed by atoms with Crippen molar-refractivity contribution in [2.24, 2.45) is 0 Å². The number of rotatable bonds is 3. The fourth-order valence-electron chi connectivity index (χ4n) is 2.34. The molecule has 1 amide bonds. The Morgan fingerprint density at radius 3 is 2.57 bits per heavy atom. The minimum atomic E-state index is -0.445. The predicted octanol–water partition coefficient (Wildman–Crippen LogP) is 2.05. The fraction of sp³-hybridized carbons (Fsp3) is 0.667. The summed E-state index contributed by atoms with van der Waals surface area (Å²) >= 11 is 0. The third kappa shape index (κ3) is 4.14. The Labute approximate surface area is 125 Å². The van der Waals surface area contributed by atoms with E-state index in [1.54, 1.807) is 17.3 Å². The van der Waals surface area contributed by atoms with E-state index in [4.69, 9.17) is 4.74 Å². The molecule has 116 valence electrons. The first kappa shape index (κ1) is 15.7. The van der Waals surface area contributed by atoms with E-state index < -0.39 is 5.60 Å². The van der Waals surface area contributed by atoms with Crippen LogP contribution in [-0.2, 0) is 4.74 Å². The van der Waals surface area contributed by atoms with Gasteiger partial charge in [0.1, 0.15) is 5.60 Å². The summed E-state index contributed by atoms with van der Waals surface area (Å²) in [7, 11) is 0. The van der Waals surface area contributed by atoms with Crippen LogP contribution < -0.4 is 5.32 Å². The van der Waals surface area contributed by atoms with E-state index in [1.807, 2.05) is 27.7 Å². The van der Waals surface area contributed by atoms with Crippen molar-refractivity contribution in [3.63, 3.8) is 0 Å². The minimum absolute atomic E-state index is 0.115. The molecular weight excluding hydrogens is 268 g/mol. The lowest BCUT2D eigenvalue weighted by atomic mass is 10.1. The average Bonchev–Trinajstić information content (AvgIpc) is 2.31. The van der Waals surface area contributed by atoms with Crippen molar-refractivity contribution in [3.8, 4) is 0 Å². The van der Waals surface area contributed by atoms with E-state index in [1.165, 1.54) is 0 Å². The van der Waals surface area contributed by atoms with Gasteiger partial charge in [0, 0.05) is 37.6 Å². The summed E-state index contributed by atoms with van der Waals surface area (Å²) < 4.78 is 5.34. The van der Waals surface area contributed by atoms with Gasteiger partial charge < -0.3 is 15.0 Å². The number of carbonyl (C=O) groups excluding carboxylic acids is 1. The molecule has 0 radical (unpaired) electrons. The summed E-state index contributed by atoms with van der Waals surface area (Å²) in [5.74, 6) is 0. The van der Waals surface area contributed by atoms with Crippen LogP contribution in [0.4, 0.5) is 4.79 Å². The Morgan fingerprint density at radius 2 is 2.00 bits per heavy atom. The van der Waals surface area contributed by atoms with E-state index in [0.29, 0.717) is 13.1 Å². The normalized spacial score (nSPS) is 17.3. The zero-order valence-corrected chi connectivity index (χ0v) is 13.4. The summed E-state index contributed by atoms with van der Waals surface area (Å²) in [6.45, 7) is 11.0. The zero-order chi connectivity index (χ0) is 15.6. The van der Waals surface area contributed by atoms with Gasteiger partial charge in [0.05, 0.1) is 11.4 Å². The van der Waals surface area contributed by atoms with Crippen LogP contribution in [0.2, 0.25) is 0 Å². The topological polar surface area (TPSA) is 67.4 Å². The summed E-state index contributed by atoms with van der Waals surface area (Å²) in [4.78, 5) is 22.2. The molecule has 6 nitrogen and oxygen atoms in total. The molecule has 1 atom stereocenters. The van der Waals surface area contributed by atoms with Crippen LogP contribution >= 0.6 is 0 Å². The highest BCUT2D eigenvalue weighted by molar-refractivity contribution is 5.69. The number of aryl methyl sites for hydroxylation is 1. The maximum absolute atomic E-state index is 11.8. The molecular formula is C15H24N4O2. The van der Waals surface area contributed by atoms with Crippen molar-refractivity contribution >= 4 is 6.09 Å². The molecule has 6 heteroatoms. The molecule has 1 aromatic rings. The Morgan fingerprint density at radius 1 is 1.38 bits per heavy atom. The van der Waals surface area contributed by atoms with E-state index in [-0.39, 0.29) is 18.2 Å². The molecule has 2 rings (SSSR count). The SMILES string of the molecule is Cc1nccnc1C(C)NC1CN(C(=O)OC(C)(C)C)C1. The Kier molecular flexibility index (Phi) is 4.46. The standard InChI is InChI=1S/C15H24N4O2/c1-10-13(17-7-6-16-10)11(2)18-12-8-19(9-12)14(20)21-15(3,4)5/h6-7,11-12,18H,8-9H2,1-5H3. The Hall–Kier alpha value is -1.69. The third-order valence-electron chi connectivity index (χ3n) is 3.35. The lowest BCUT2D eigenvalue weighted by Gasteiger charge is -2.41. The molecule has 21 heavy (non-hydrogen) atoms. The monoisotopic (exact) mass is 292 g/mol. The number of carbonyl (C=O) groups is 1. The van der Waals surface area contributed by atoms with Gasteiger partial charge in [-0.2, -0.15) is 0 Å². The van der Waals surface area contributed by atoms with Gasteiger partial charge in [-0.1, -0.05) is 0 Å². The average molecular weight is 292 g/mol. The summed E-state index contributed by atoms with van der Waals surface area (Å²) in [6, 6.07) is 0.387. The molecule has 1 aromatic heterocycles. The van der Waals surface area contributed by atoms with Gasteiger partial charge in [-0.25, -0.2) is 4.79 Å². The van der Waals surface area contributed by atoms with Gasteiger partial charge in [-0.05, 0) is 34.6 Å². The van der Waals surface area contributed by atoms with Crippen molar-refractivity contribution in [2.45, 2.75) is 52.3 Å². The number of ether oxygens (including phenoxy) is 1. The second kappa shape index (κ2) is 5.97. The number of aromatic nitrogens is 2. The number of amides is 1. The maximum atomic E-state index is 11.8. The van der Waals surface area contributed by atoms with E-state index in [0.717, 1.165) is 11.4 Å². The molecule has 1 fully saturated rings. The number of likely N-dealkylation sites (tertiary alicyclic amines) is 1. The predicted molar refractivity (Wildman–Crippen MR) is 79.9 cm³/mol. The van der Waals surface area contributed by atoms with Crippen LogP contribution in [0.3, 0.4) is 0 Å². The number of hydrogen-bond donors (Lipinski definition) is 1. The minimum Gasteiger partial charge on any atom is -0.444 e. The van der Waals surface area contributed by atoms with E-state index >= 15 is 0 Å². The van der Waals surface area contributed by atoms with Crippen LogP contribution in [0.25, 0.3) is 0 Å². The highest BCUT2D eigenvalue weighted by Gasteiger charge is 2.34. The molecule has 1 aliphatic rings. The molecule has 1 N–H and O–H groups in total. The first-order chi connectivity index (χ1) is 9.76. The quantitative estimate of drug-likeness (QED) is 0.923. The highest BCUT2D eigenvalue weighted by Crippen LogP contribution is 2.19. The van der Waals surface area contributed by atoms with Gasteiger partial charge in [0.15, 0.2) is 0 Å². The summed E-state index contributed by atoms with van der Waals surface area (Å²) in [5, 5.41) is 3.47. The van der Waals surface area contributed by atoms with Crippen LogP contribution in [0.15, 0.2) is 12.4 Å². The second-order valence-corrected chi connectivity index (χ2v) is 6.50. The van der Waals surface area contributed by atoms with Crippen molar-refractivity contribution in [1.29, 1.82) is 0 Å². The third-order valence-corrected chi connectivity index (χ3v) is 3.35. The molecule has 0 saturated carbocycles. The number of hydrogen-bond acceptors (Lipinski definition) is 5. The Balaban J connectivity index is 1.81. The molecule has 1 aliphatic heterocycles. The lowest BCUT2D eigenvalue weighted by Crippen LogP contribution is -2.60. The van der Waals surface area contributed by atoms with E-state index in [9.17, 15) is 4.79 Å². The molecule has 0 spiro atoms. The zero-order valence-electron chi connectivity index (χ0n) is 13.4. The van der Waals surface area contributed by atoms with Crippen LogP contribution in [0, 0.1) is 6.92 Å². The first-order valence-electron chi connectivity index (χ1n) is 7.28. The number of nitrogens with zero attached hydrogens (tertiary/aromatic N) is 3. The van der Waals surface area contributed by atoms with Crippen molar-refractivity contribution < 1.29 is 9.53 Å². The van der Waals surface area contributed by atoms with Gasteiger partial charge >= 0.3 is 6.09 Å². The van der Waals surface area contributed by atoms with Gasteiger partial charge in [-0.15, -0.1) is 0 Å². The van der Waals surface area contributed by atoms with Crippen LogP contribution in [-0.4, -0.2) is 45.7 Å². The van der Waals surface area contributed by atoms with Crippen LogP contribution in [0.1, 0.15) is 45.1 Å². The summed E-state index contributed by atoms with van der Waals surface area (Å²) in [5.41, 5.74) is 1.44. The lowest BCUT2D eigenvalue weighted by molar-refractivity contribution is 0.00428. The van der Waals surface area contributed by atoms with E-state index in [2.05, 4.69) is 22.2 Å². The first-order valence-corrected chi connectivity index (χ1v) is 7.28. The second-order valence-electron chi connectivity index (χ2n) is 6.50. The van der Waals surface area contributed by atoms with Crippen molar-refractivity contribution in [1.82, 2.24) is 20.2 Å². The fourth-order valence-corrected chi connectivity index (χ4v) is 2.34. The summed E-state index contributed by atoms with van der Waals surface area (Å²) in [6.07, 6.45) is 3.15. The van der Waals surface area contributed by atoms with Gasteiger partial charge in [0.2, 0.25) is 0 Å². The molecule has 1 saturated heterocycles. The number of nitrogens with one attached hydrogen (secondary N) is 1. The maximum Gasteiger partial charge on any atom is 0.410 e. The molecule has 0 aromatic carbocycles. The molecule has 0 bridgehead atoms.